The molecule has 0 aliphatic heterocycles. The van der Waals surface area contributed by atoms with Crippen LogP contribution in [0.25, 0.3) is 0 Å². The monoisotopic (exact) mass is 169 g/mol. The Morgan fingerprint density at radius 3 is 1.83 bits per heavy atom. The number of rotatable bonds is 6. The fraction of sp³-hybridized carbons (Fsp3) is 0.818. The van der Waals surface area contributed by atoms with E-state index in [9.17, 15) is 0 Å². The van der Waals surface area contributed by atoms with E-state index in [1.54, 1.807) is 0 Å². The van der Waals surface area contributed by atoms with Gasteiger partial charge in [-0.1, -0.05) is 19.9 Å². The molecule has 1 nitrogen and oxygen atoms in total. The molecule has 0 bridgehead atoms. The molecule has 72 valence electrons. The fourth-order valence-electron chi connectivity index (χ4n) is 1.41. The van der Waals surface area contributed by atoms with Gasteiger partial charge in [-0.3, -0.25) is 4.90 Å². The van der Waals surface area contributed by atoms with Crippen LogP contribution in [-0.2, 0) is 0 Å². The molecule has 0 fully saturated rings. The van der Waals surface area contributed by atoms with E-state index in [0.717, 1.165) is 6.54 Å². The highest BCUT2D eigenvalue weighted by Crippen LogP contribution is 2.10. The summed E-state index contributed by atoms with van der Waals surface area (Å²) in [6.45, 7) is 13.9. The minimum atomic E-state index is 0.679. The lowest BCUT2D eigenvalue weighted by Crippen LogP contribution is -2.39. The third-order valence-electron chi connectivity index (χ3n) is 2.65. The standard InChI is InChI=1S/C11H23N/c1-6-9-12(10(4)7-2)11(5)8-3/h6,10-11H,1,7-9H2,2-5H3. The summed E-state index contributed by atoms with van der Waals surface area (Å²) in [6, 6.07) is 1.36. The van der Waals surface area contributed by atoms with E-state index in [1.165, 1.54) is 12.8 Å². The van der Waals surface area contributed by atoms with Gasteiger partial charge in [0.15, 0.2) is 0 Å². The molecule has 0 radical (unpaired) electrons. The molecule has 0 aromatic heterocycles. The molecule has 0 amide bonds. The molecule has 2 unspecified atom stereocenters. The van der Waals surface area contributed by atoms with E-state index in [2.05, 4.69) is 39.2 Å². The van der Waals surface area contributed by atoms with Gasteiger partial charge in [-0.25, -0.2) is 0 Å². The van der Waals surface area contributed by atoms with E-state index in [4.69, 9.17) is 0 Å². The van der Waals surface area contributed by atoms with Gasteiger partial charge < -0.3 is 0 Å². The highest BCUT2D eigenvalue weighted by atomic mass is 15.2. The molecular formula is C11H23N. The molecule has 0 aliphatic carbocycles. The smallest absolute Gasteiger partial charge is 0.0166 e. The van der Waals surface area contributed by atoms with Gasteiger partial charge in [-0.15, -0.1) is 6.58 Å². The Hall–Kier alpha value is -0.300. The van der Waals surface area contributed by atoms with Gasteiger partial charge in [0.25, 0.3) is 0 Å². The van der Waals surface area contributed by atoms with Crippen molar-refractivity contribution in [1.29, 1.82) is 0 Å². The molecule has 0 aromatic carbocycles. The summed E-state index contributed by atoms with van der Waals surface area (Å²) in [5.41, 5.74) is 0. The average Bonchev–Trinajstić information content (AvgIpc) is 2.11. The number of hydrogen-bond acceptors (Lipinski definition) is 1. The second-order valence-electron chi connectivity index (χ2n) is 3.50. The van der Waals surface area contributed by atoms with Gasteiger partial charge >= 0.3 is 0 Å². The Labute approximate surface area is 77.5 Å². The summed E-state index contributed by atoms with van der Waals surface area (Å²) in [6.07, 6.45) is 4.44. The summed E-state index contributed by atoms with van der Waals surface area (Å²) in [7, 11) is 0. The van der Waals surface area contributed by atoms with Crippen molar-refractivity contribution in [3.05, 3.63) is 12.7 Å². The Kier molecular flexibility index (Phi) is 6.09. The second kappa shape index (κ2) is 6.24. The normalized spacial score (nSPS) is 16.1. The summed E-state index contributed by atoms with van der Waals surface area (Å²) in [5.74, 6) is 0. The van der Waals surface area contributed by atoms with Crippen molar-refractivity contribution in [2.45, 2.75) is 52.6 Å². The van der Waals surface area contributed by atoms with E-state index < -0.39 is 0 Å². The molecule has 12 heavy (non-hydrogen) atoms. The van der Waals surface area contributed by atoms with Crippen LogP contribution in [0.5, 0.6) is 0 Å². The molecule has 0 spiro atoms. The molecule has 0 saturated heterocycles. The first-order chi connectivity index (χ1) is 5.67. The van der Waals surface area contributed by atoms with Crippen LogP contribution in [-0.4, -0.2) is 23.5 Å². The van der Waals surface area contributed by atoms with Crippen LogP contribution in [0.1, 0.15) is 40.5 Å². The Morgan fingerprint density at radius 1 is 1.17 bits per heavy atom. The zero-order valence-electron chi connectivity index (χ0n) is 9.01. The van der Waals surface area contributed by atoms with E-state index in [1.807, 2.05) is 6.08 Å². The fourth-order valence-corrected chi connectivity index (χ4v) is 1.41. The highest BCUT2D eigenvalue weighted by molar-refractivity contribution is 4.80. The third kappa shape index (κ3) is 3.40. The zero-order valence-corrected chi connectivity index (χ0v) is 9.01. The van der Waals surface area contributed by atoms with Crippen LogP contribution in [0.15, 0.2) is 12.7 Å². The minimum Gasteiger partial charge on any atom is -0.294 e. The van der Waals surface area contributed by atoms with Crippen molar-refractivity contribution in [1.82, 2.24) is 4.90 Å². The minimum absolute atomic E-state index is 0.679. The Morgan fingerprint density at radius 2 is 1.58 bits per heavy atom. The van der Waals surface area contributed by atoms with Crippen molar-refractivity contribution in [2.24, 2.45) is 0 Å². The van der Waals surface area contributed by atoms with Crippen LogP contribution in [0.3, 0.4) is 0 Å². The molecule has 0 aliphatic rings. The first-order valence-electron chi connectivity index (χ1n) is 5.03. The van der Waals surface area contributed by atoms with E-state index >= 15 is 0 Å². The van der Waals surface area contributed by atoms with Crippen LogP contribution in [0.2, 0.25) is 0 Å². The maximum atomic E-state index is 3.79. The lowest BCUT2D eigenvalue weighted by Gasteiger charge is -2.32. The molecule has 2 atom stereocenters. The van der Waals surface area contributed by atoms with Crippen molar-refractivity contribution >= 4 is 0 Å². The second-order valence-corrected chi connectivity index (χ2v) is 3.50. The quantitative estimate of drug-likeness (QED) is 0.552. The molecule has 0 aromatic rings. The summed E-state index contributed by atoms with van der Waals surface area (Å²) < 4.78 is 0. The van der Waals surface area contributed by atoms with Gasteiger partial charge in [0, 0.05) is 18.6 Å². The maximum Gasteiger partial charge on any atom is 0.0166 e. The topological polar surface area (TPSA) is 3.24 Å². The lowest BCUT2D eigenvalue weighted by atomic mass is 10.1. The molecule has 0 heterocycles. The van der Waals surface area contributed by atoms with Gasteiger partial charge in [0.05, 0.1) is 0 Å². The van der Waals surface area contributed by atoms with Crippen molar-refractivity contribution in [3.8, 4) is 0 Å². The largest absolute Gasteiger partial charge is 0.294 e. The molecule has 0 N–H and O–H groups in total. The first-order valence-corrected chi connectivity index (χ1v) is 5.03. The van der Waals surface area contributed by atoms with Crippen LogP contribution in [0, 0.1) is 0 Å². The number of nitrogens with zero attached hydrogens (tertiary/aromatic N) is 1. The van der Waals surface area contributed by atoms with Crippen molar-refractivity contribution in [2.75, 3.05) is 6.54 Å². The molecule has 1 heteroatoms. The summed E-state index contributed by atoms with van der Waals surface area (Å²) in [5, 5.41) is 0. The van der Waals surface area contributed by atoms with Crippen molar-refractivity contribution in [3.63, 3.8) is 0 Å². The Balaban J connectivity index is 4.09. The van der Waals surface area contributed by atoms with Gasteiger partial charge in [0.1, 0.15) is 0 Å². The third-order valence-corrected chi connectivity index (χ3v) is 2.65. The summed E-state index contributed by atoms with van der Waals surface area (Å²) >= 11 is 0. The Bertz CT molecular complexity index is 110. The average molecular weight is 169 g/mol. The van der Waals surface area contributed by atoms with E-state index in [0.29, 0.717) is 12.1 Å². The van der Waals surface area contributed by atoms with Crippen molar-refractivity contribution < 1.29 is 0 Å². The van der Waals surface area contributed by atoms with Gasteiger partial charge in [-0.2, -0.15) is 0 Å². The molecule has 0 saturated carbocycles. The van der Waals surface area contributed by atoms with Crippen LogP contribution < -0.4 is 0 Å². The predicted octanol–water partition coefficient (Wildman–Crippen LogP) is 3.07. The predicted molar refractivity (Wildman–Crippen MR) is 56.4 cm³/mol. The molecular weight excluding hydrogens is 146 g/mol. The summed E-state index contributed by atoms with van der Waals surface area (Å²) in [4.78, 5) is 2.51. The number of hydrogen-bond donors (Lipinski definition) is 0. The van der Waals surface area contributed by atoms with Crippen LogP contribution >= 0.6 is 0 Å². The van der Waals surface area contributed by atoms with Crippen LogP contribution in [0.4, 0.5) is 0 Å². The molecule has 0 rings (SSSR count). The van der Waals surface area contributed by atoms with Gasteiger partial charge in [-0.05, 0) is 26.7 Å². The SMILES string of the molecule is C=CCN(C(C)CC)C(C)CC. The highest BCUT2D eigenvalue weighted by Gasteiger charge is 2.15. The van der Waals surface area contributed by atoms with Gasteiger partial charge in [0.2, 0.25) is 0 Å². The lowest BCUT2D eigenvalue weighted by molar-refractivity contribution is 0.165. The maximum absolute atomic E-state index is 3.79. The zero-order chi connectivity index (χ0) is 9.56. The van der Waals surface area contributed by atoms with E-state index in [-0.39, 0.29) is 0 Å². The first kappa shape index (κ1) is 11.7.